The molecule has 0 fully saturated rings. The predicted octanol–water partition coefficient (Wildman–Crippen LogP) is 14.5. The molecule has 0 saturated carbocycles. The fourth-order valence-corrected chi connectivity index (χ4v) is 7.68. The molecule has 0 aromatic rings. The Morgan fingerprint density at radius 3 is 1.26 bits per heavy atom. The number of carbonyl (C=O) groups excluding carboxylic acids is 3. The van der Waals surface area contributed by atoms with Crippen LogP contribution in [-0.2, 0) is 28.6 Å². The number of nitrogens with zero attached hydrogens (tertiary/aromatic N) is 1. The van der Waals surface area contributed by atoms with Crippen molar-refractivity contribution in [1.82, 2.24) is 0 Å². The number of ether oxygens (including phenoxy) is 3. The van der Waals surface area contributed by atoms with Gasteiger partial charge in [0.2, 0.25) is 0 Å². The summed E-state index contributed by atoms with van der Waals surface area (Å²) in [6, 6.07) is -0.731. The Kier molecular flexibility index (Phi) is 45.9. The molecule has 0 aromatic heterocycles. The number of hydrogen-bond donors (Lipinski definition) is 0. The molecule has 8 heteroatoms. The Bertz CT molecular complexity index is 1310. The third-order valence-electron chi connectivity index (χ3n) is 11.8. The number of hydrogen-bond acceptors (Lipinski definition) is 7. The minimum absolute atomic E-state index is 0.0352. The van der Waals surface area contributed by atoms with E-state index < -0.39 is 18.1 Å². The maximum atomic E-state index is 12.8. The number of quaternary nitrogens is 1. The highest BCUT2D eigenvalue weighted by atomic mass is 16.6. The van der Waals surface area contributed by atoms with Crippen molar-refractivity contribution in [2.24, 2.45) is 0 Å². The van der Waals surface area contributed by atoms with Gasteiger partial charge in [-0.05, 0) is 83.5 Å². The number of carbonyl (C=O) groups is 3. The van der Waals surface area contributed by atoms with Crippen molar-refractivity contribution >= 4 is 17.9 Å². The van der Waals surface area contributed by atoms with Crippen LogP contribution in [-0.4, -0.2) is 75.5 Å². The Labute approximate surface area is 406 Å². The summed E-state index contributed by atoms with van der Waals surface area (Å²) in [5.74, 6) is -1.74. The van der Waals surface area contributed by atoms with Gasteiger partial charge in [0, 0.05) is 19.3 Å². The van der Waals surface area contributed by atoms with E-state index in [9.17, 15) is 19.5 Å². The van der Waals surface area contributed by atoms with Crippen molar-refractivity contribution in [2.45, 2.75) is 238 Å². The first-order valence-corrected chi connectivity index (χ1v) is 27.0. The predicted molar refractivity (Wildman–Crippen MR) is 277 cm³/mol. The average Bonchev–Trinajstić information content (AvgIpc) is 3.28. The van der Waals surface area contributed by atoms with Crippen LogP contribution in [0.25, 0.3) is 0 Å². The van der Waals surface area contributed by atoms with E-state index in [0.29, 0.717) is 12.8 Å². The summed E-state index contributed by atoms with van der Waals surface area (Å²) in [4.78, 5) is 37.1. The van der Waals surface area contributed by atoms with Crippen LogP contribution in [0.2, 0.25) is 0 Å². The molecule has 0 amide bonds. The molecule has 0 aliphatic rings. The second-order valence-electron chi connectivity index (χ2n) is 19.1. The van der Waals surface area contributed by atoms with E-state index in [1.165, 1.54) is 116 Å². The monoisotopic (exact) mass is 924 g/mol. The molecule has 0 aromatic carbocycles. The van der Waals surface area contributed by atoms with Gasteiger partial charge in [-0.2, -0.15) is 0 Å². The highest BCUT2D eigenvalue weighted by Crippen LogP contribution is 2.15. The zero-order chi connectivity index (χ0) is 48.4. The zero-order valence-electron chi connectivity index (χ0n) is 43.3. The van der Waals surface area contributed by atoms with E-state index in [-0.39, 0.29) is 42.7 Å². The lowest BCUT2D eigenvalue weighted by atomic mass is 10.0. The van der Waals surface area contributed by atoms with Crippen molar-refractivity contribution in [1.29, 1.82) is 0 Å². The van der Waals surface area contributed by atoms with Crippen LogP contribution < -0.4 is 5.11 Å². The van der Waals surface area contributed by atoms with Crippen molar-refractivity contribution in [3.63, 3.8) is 0 Å². The van der Waals surface area contributed by atoms with Crippen LogP contribution in [0.15, 0.2) is 72.9 Å². The highest BCUT2D eigenvalue weighted by molar-refractivity contribution is 5.70. The normalized spacial score (nSPS) is 13.4. The Balaban J connectivity index is 4.23. The molecule has 0 rings (SSSR count). The Morgan fingerprint density at radius 1 is 0.470 bits per heavy atom. The third-order valence-corrected chi connectivity index (χ3v) is 11.8. The first kappa shape index (κ1) is 62.8. The van der Waals surface area contributed by atoms with Crippen LogP contribution in [0, 0.1) is 0 Å². The van der Waals surface area contributed by atoms with Crippen LogP contribution >= 0.6 is 0 Å². The number of esters is 2. The van der Waals surface area contributed by atoms with Crippen molar-refractivity contribution in [3.05, 3.63) is 72.9 Å². The summed E-state index contributed by atoms with van der Waals surface area (Å²) in [6.07, 6.45) is 62.1. The van der Waals surface area contributed by atoms with Crippen molar-refractivity contribution in [2.75, 3.05) is 41.0 Å². The molecule has 0 aliphatic heterocycles. The van der Waals surface area contributed by atoms with E-state index in [4.69, 9.17) is 14.2 Å². The lowest BCUT2D eigenvalue weighted by Crippen LogP contribution is -2.55. The molecule has 0 aliphatic carbocycles. The molecule has 0 bridgehead atoms. The van der Waals surface area contributed by atoms with Crippen LogP contribution in [0.5, 0.6) is 0 Å². The zero-order valence-corrected chi connectivity index (χ0v) is 43.3. The van der Waals surface area contributed by atoms with Gasteiger partial charge in [-0.25, -0.2) is 0 Å². The van der Waals surface area contributed by atoms with Crippen LogP contribution in [0.3, 0.4) is 0 Å². The fraction of sp³-hybridized carbons (Fsp3) is 0.741. The lowest BCUT2D eigenvalue weighted by molar-refractivity contribution is -0.889. The quantitative estimate of drug-likeness (QED) is 0.0259. The van der Waals surface area contributed by atoms with Gasteiger partial charge in [0.1, 0.15) is 12.6 Å². The van der Waals surface area contributed by atoms with Gasteiger partial charge in [0.05, 0.1) is 40.3 Å². The average molecular weight is 924 g/mol. The first-order valence-electron chi connectivity index (χ1n) is 27.0. The fourth-order valence-electron chi connectivity index (χ4n) is 7.68. The molecule has 2 atom stereocenters. The molecule has 2 unspecified atom stereocenters. The minimum atomic E-state index is -1.13. The molecule has 0 N–H and O–H groups in total. The molecule has 0 saturated heterocycles. The number of allylic oxidation sites excluding steroid dienone is 12. The molecule has 0 radical (unpaired) electrons. The minimum Gasteiger partial charge on any atom is -0.544 e. The van der Waals surface area contributed by atoms with E-state index in [0.717, 1.165) is 77.0 Å². The summed E-state index contributed by atoms with van der Waals surface area (Å²) in [7, 11) is 5.41. The topological polar surface area (TPSA) is 102 Å². The summed E-state index contributed by atoms with van der Waals surface area (Å²) in [5, 5.41) is 11.7. The van der Waals surface area contributed by atoms with Gasteiger partial charge in [0.15, 0.2) is 6.10 Å². The van der Waals surface area contributed by atoms with Gasteiger partial charge >= 0.3 is 11.9 Å². The Hall–Kier alpha value is -3.23. The molecular weight excluding hydrogens is 823 g/mol. The number of carboxylic acids is 1. The number of aliphatic carboxylic acids is 1. The van der Waals surface area contributed by atoms with Gasteiger partial charge in [-0.1, -0.05) is 196 Å². The van der Waals surface area contributed by atoms with E-state index >= 15 is 0 Å². The molecule has 66 heavy (non-hydrogen) atoms. The van der Waals surface area contributed by atoms with Crippen LogP contribution in [0.4, 0.5) is 0 Å². The van der Waals surface area contributed by atoms with Gasteiger partial charge in [-0.15, -0.1) is 0 Å². The number of rotatable bonds is 48. The standard InChI is InChI=1S/C58H101NO7/c1-6-8-10-12-14-16-18-20-22-24-26-28-29-31-32-34-36-38-40-42-44-46-48-56(60)65-53-54(52-64-51-50-55(58(62)63)59(3,4)5)66-57(61)49-47-45-43-41-39-37-35-33-30-27-25-23-21-19-17-15-13-11-9-7-2/h9,11,14-17,20-23,26,28,54-55H,6-8,10,12-13,18-19,24-25,27,29-53H2,1-5H3/b11-9+,16-14+,17-15+,22-20+,23-21+,28-26+. The maximum absolute atomic E-state index is 12.8. The van der Waals surface area contributed by atoms with E-state index in [1.807, 2.05) is 0 Å². The molecular formula is C58H101NO7. The van der Waals surface area contributed by atoms with Crippen molar-refractivity contribution < 1.29 is 38.2 Å². The van der Waals surface area contributed by atoms with Gasteiger partial charge in [0.25, 0.3) is 0 Å². The molecule has 8 nitrogen and oxygen atoms in total. The number of carboxylic acid groups (broad SMARTS) is 1. The Morgan fingerprint density at radius 2 is 0.848 bits per heavy atom. The summed E-state index contributed by atoms with van der Waals surface area (Å²) < 4.78 is 17.3. The SMILES string of the molecule is CC/C=C/C/C=C/C/C=C/CCCCCCCCCCCCC(=O)OC(COCCC(C(=O)[O-])[N+](C)(C)C)COC(=O)CCCCCCCCCCC/C=C/C/C=C/C/C=C/CCCCC. The molecule has 0 heterocycles. The highest BCUT2D eigenvalue weighted by Gasteiger charge is 2.25. The first-order chi connectivity index (χ1) is 32.1. The van der Waals surface area contributed by atoms with Gasteiger partial charge in [-0.3, -0.25) is 9.59 Å². The second-order valence-corrected chi connectivity index (χ2v) is 19.1. The summed E-state index contributed by atoms with van der Waals surface area (Å²) in [6.45, 7) is 4.53. The summed E-state index contributed by atoms with van der Waals surface area (Å²) >= 11 is 0. The number of unbranched alkanes of at least 4 members (excludes halogenated alkanes) is 22. The third kappa shape index (κ3) is 45.9. The van der Waals surface area contributed by atoms with E-state index in [2.05, 4.69) is 86.8 Å². The summed E-state index contributed by atoms with van der Waals surface area (Å²) in [5.41, 5.74) is 0. The molecule has 380 valence electrons. The second kappa shape index (κ2) is 48.2. The molecule has 0 spiro atoms. The lowest BCUT2D eigenvalue weighted by Gasteiger charge is -2.34. The van der Waals surface area contributed by atoms with Crippen molar-refractivity contribution in [3.8, 4) is 0 Å². The van der Waals surface area contributed by atoms with Crippen LogP contribution in [0.1, 0.15) is 226 Å². The van der Waals surface area contributed by atoms with E-state index in [1.54, 1.807) is 21.1 Å². The largest absolute Gasteiger partial charge is 0.544 e. The smallest absolute Gasteiger partial charge is 0.306 e. The van der Waals surface area contributed by atoms with Gasteiger partial charge < -0.3 is 28.6 Å². The number of likely N-dealkylation sites (N-methyl/N-ethyl adjacent to an activating group) is 1. The maximum Gasteiger partial charge on any atom is 0.306 e.